The van der Waals surface area contributed by atoms with Crippen LogP contribution in [0.15, 0.2) is 0 Å². The lowest BCUT2D eigenvalue weighted by atomic mass is 10.0. The van der Waals surface area contributed by atoms with Crippen molar-refractivity contribution in [2.75, 3.05) is 18.1 Å². The van der Waals surface area contributed by atoms with Crippen molar-refractivity contribution in [2.24, 2.45) is 0 Å². The Hall–Kier alpha value is 0.375. The highest BCUT2D eigenvalue weighted by Crippen LogP contribution is 2.08. The van der Waals surface area contributed by atoms with Crippen LogP contribution in [0, 0.1) is 0 Å². The fraction of sp³-hybridized carbons (Fsp3) is 1.00. The molecule has 0 aromatic rings. The van der Waals surface area contributed by atoms with Gasteiger partial charge in [-0.1, -0.05) is 0 Å². The van der Waals surface area contributed by atoms with E-state index in [-0.39, 0.29) is 0 Å². The molecule has 1 fully saturated rings. The van der Waals surface area contributed by atoms with Crippen molar-refractivity contribution in [3.8, 4) is 0 Å². The first-order valence-electron chi connectivity index (χ1n) is 2.59. The molecule has 0 saturated carbocycles. The minimum absolute atomic E-state index is 0.499. The highest BCUT2D eigenvalue weighted by molar-refractivity contribution is 7.99. The number of hydrogen-bond acceptors (Lipinski definition) is 2. The highest BCUT2D eigenvalue weighted by Gasteiger charge is 2.06. The second-order valence-corrected chi connectivity index (χ2v) is 2.91. The monoisotopic (exact) mass is 116 g/mol. The summed E-state index contributed by atoms with van der Waals surface area (Å²) >= 11 is 1.98. The van der Waals surface area contributed by atoms with Crippen molar-refractivity contribution < 1.29 is 4.74 Å². The van der Waals surface area contributed by atoms with Gasteiger partial charge in [-0.15, -0.1) is 0 Å². The molecule has 0 spiro atoms. The average molecular weight is 116 g/mol. The van der Waals surface area contributed by atoms with Crippen LogP contribution in [0.3, 0.4) is 0 Å². The smallest absolute Gasteiger partial charge is 0.140 e. The van der Waals surface area contributed by atoms with Crippen LogP contribution in [0.2, 0.25) is 0 Å². The van der Waals surface area contributed by atoms with Gasteiger partial charge < -0.3 is 4.74 Å². The van der Waals surface area contributed by atoms with Crippen molar-refractivity contribution in [3.63, 3.8) is 0 Å². The van der Waals surface area contributed by atoms with Gasteiger partial charge in [-0.25, -0.2) is 0 Å². The summed E-state index contributed by atoms with van der Waals surface area (Å²) < 4.78 is 5.26. The van der Waals surface area contributed by atoms with E-state index in [4.69, 9.17) is 4.74 Å². The van der Waals surface area contributed by atoms with Crippen LogP contribution in [0.25, 0.3) is 0 Å². The van der Waals surface area contributed by atoms with Crippen LogP contribution in [0.1, 0.15) is 0 Å². The van der Waals surface area contributed by atoms with E-state index in [1.165, 1.54) is 11.5 Å². The number of hydrogen-bond donors (Lipinski definition) is 0. The molecule has 7 heavy (non-hydrogen) atoms. The van der Waals surface area contributed by atoms with Gasteiger partial charge in [-0.3, -0.25) is 0 Å². The van der Waals surface area contributed by atoms with Crippen molar-refractivity contribution in [3.05, 3.63) is 0 Å². The summed E-state index contributed by atoms with van der Waals surface area (Å²) in [4.78, 5) is 0. The van der Waals surface area contributed by atoms with Crippen molar-refractivity contribution in [1.29, 1.82) is 0 Å². The first-order valence-corrected chi connectivity index (χ1v) is 3.74. The molecule has 0 amide bonds. The number of thioether (sulfide) groups is 1. The van der Waals surface area contributed by atoms with Gasteiger partial charge in [0.2, 0.25) is 0 Å². The third kappa shape index (κ3) is 1.74. The van der Waals surface area contributed by atoms with Crippen LogP contribution >= 0.6 is 11.8 Å². The summed E-state index contributed by atoms with van der Waals surface area (Å²) in [7, 11) is 2.12. The molecule has 0 radical (unpaired) electrons. The van der Waals surface area contributed by atoms with Gasteiger partial charge >= 0.3 is 0 Å². The van der Waals surface area contributed by atoms with E-state index in [9.17, 15) is 0 Å². The zero-order chi connectivity index (χ0) is 5.11. The van der Waals surface area contributed by atoms with Gasteiger partial charge in [0.15, 0.2) is 0 Å². The zero-order valence-corrected chi connectivity index (χ0v) is 5.33. The fourth-order valence-electron chi connectivity index (χ4n) is 0.606. The third-order valence-corrected chi connectivity index (χ3v) is 2.14. The van der Waals surface area contributed by atoms with E-state index < -0.39 is 0 Å². The minimum atomic E-state index is 0.499. The molecule has 1 saturated heterocycles. The summed E-state index contributed by atoms with van der Waals surface area (Å²) in [5.74, 6) is 2.37. The lowest BCUT2D eigenvalue weighted by Crippen LogP contribution is -2.22. The van der Waals surface area contributed by atoms with Crippen LogP contribution in [-0.4, -0.2) is 32.0 Å². The summed E-state index contributed by atoms with van der Waals surface area (Å²) in [5, 5.41) is 0. The molecule has 1 heterocycles. The molecule has 1 unspecified atom stereocenters. The van der Waals surface area contributed by atoms with Gasteiger partial charge in [0.1, 0.15) is 7.85 Å². The van der Waals surface area contributed by atoms with Crippen LogP contribution in [0.4, 0.5) is 0 Å². The maximum Gasteiger partial charge on any atom is 0.140 e. The molecule has 0 aromatic heterocycles. The number of ether oxygens (including phenoxy) is 1. The molecule has 0 aliphatic carbocycles. The lowest BCUT2D eigenvalue weighted by Gasteiger charge is -2.17. The summed E-state index contributed by atoms with van der Waals surface area (Å²) in [6.45, 7) is 0.950. The molecule has 1 nitrogen and oxygen atoms in total. The summed E-state index contributed by atoms with van der Waals surface area (Å²) in [6, 6.07) is 0.499. The molecule has 1 atom stereocenters. The van der Waals surface area contributed by atoms with E-state index in [0.29, 0.717) is 6.00 Å². The Kier molecular flexibility index (Phi) is 2.07. The Balaban J connectivity index is 2.12. The molecule has 1 aliphatic rings. The van der Waals surface area contributed by atoms with E-state index in [1.54, 1.807) is 0 Å². The summed E-state index contributed by atoms with van der Waals surface area (Å²) in [5.41, 5.74) is 0. The van der Waals surface area contributed by atoms with Gasteiger partial charge in [-0.2, -0.15) is 11.8 Å². The minimum Gasteiger partial charge on any atom is -0.386 e. The fourth-order valence-corrected chi connectivity index (χ4v) is 1.41. The molecule has 1 rings (SSSR count). The molecular weight excluding hydrogens is 107 g/mol. The van der Waals surface area contributed by atoms with Crippen LogP contribution in [0.5, 0.6) is 0 Å². The zero-order valence-electron chi connectivity index (χ0n) is 4.52. The molecule has 0 N–H and O–H groups in total. The lowest BCUT2D eigenvalue weighted by molar-refractivity contribution is 0.131. The van der Waals surface area contributed by atoms with Gasteiger partial charge in [0.05, 0.1) is 6.61 Å². The predicted molar refractivity (Wildman–Crippen MR) is 35.6 cm³/mol. The molecule has 3 heteroatoms. The molecular formula is C4H9BOS. The first kappa shape index (κ1) is 5.51. The molecule has 0 aromatic carbocycles. The van der Waals surface area contributed by atoms with Crippen molar-refractivity contribution in [2.45, 2.75) is 6.00 Å². The first-order chi connectivity index (χ1) is 3.39. The van der Waals surface area contributed by atoms with Gasteiger partial charge in [0.25, 0.3) is 0 Å². The summed E-state index contributed by atoms with van der Waals surface area (Å²) in [6.07, 6.45) is 0. The largest absolute Gasteiger partial charge is 0.386 e. The van der Waals surface area contributed by atoms with Crippen molar-refractivity contribution >= 4 is 19.6 Å². The average Bonchev–Trinajstić information content (AvgIpc) is 1.69. The predicted octanol–water partition coefficient (Wildman–Crippen LogP) is -0.291. The van der Waals surface area contributed by atoms with E-state index in [0.717, 1.165) is 6.61 Å². The number of rotatable bonds is 0. The Morgan fingerprint density at radius 2 is 2.57 bits per heavy atom. The van der Waals surface area contributed by atoms with Crippen molar-refractivity contribution in [1.82, 2.24) is 0 Å². The Labute approximate surface area is 49.2 Å². The van der Waals surface area contributed by atoms with Crippen LogP contribution < -0.4 is 0 Å². The van der Waals surface area contributed by atoms with Gasteiger partial charge in [0, 0.05) is 17.5 Å². The Morgan fingerprint density at radius 1 is 1.71 bits per heavy atom. The topological polar surface area (TPSA) is 9.23 Å². The molecule has 40 valence electrons. The van der Waals surface area contributed by atoms with E-state index in [2.05, 4.69) is 7.85 Å². The van der Waals surface area contributed by atoms with E-state index in [1.807, 2.05) is 11.8 Å². The second-order valence-electron chi connectivity index (χ2n) is 1.76. The molecule has 1 aliphatic heterocycles. The standard InChI is InChI=1S/C4H9BOS/c5-4-3-7-2-1-6-4/h4H,1-3,5H2. The van der Waals surface area contributed by atoms with E-state index >= 15 is 0 Å². The maximum atomic E-state index is 5.26. The maximum absolute atomic E-state index is 5.26. The second kappa shape index (κ2) is 2.63. The Morgan fingerprint density at radius 3 is 2.86 bits per heavy atom. The molecule has 0 bridgehead atoms. The van der Waals surface area contributed by atoms with Crippen LogP contribution in [-0.2, 0) is 4.74 Å². The van der Waals surface area contributed by atoms with Gasteiger partial charge in [-0.05, 0) is 0 Å². The third-order valence-electron chi connectivity index (χ3n) is 0.983. The Bertz CT molecular complexity index is 53.7. The quantitative estimate of drug-likeness (QED) is 0.402. The highest BCUT2D eigenvalue weighted by atomic mass is 32.2. The SMILES string of the molecule is BC1CSCCO1. The normalized spacial score (nSPS) is 32.9.